The fraction of sp³-hybridized carbons (Fsp3) is 0.412. The molecule has 0 spiro atoms. The van der Waals surface area contributed by atoms with E-state index in [0.29, 0.717) is 12.5 Å². The van der Waals surface area contributed by atoms with Crippen LogP contribution in [0.1, 0.15) is 37.9 Å². The molecule has 1 saturated heterocycles. The number of aromatic nitrogens is 2. The van der Waals surface area contributed by atoms with Crippen LogP contribution in [0.15, 0.2) is 42.7 Å². The molecule has 3 rings (SSSR count). The van der Waals surface area contributed by atoms with Crippen LogP contribution in [0.3, 0.4) is 0 Å². The second kappa shape index (κ2) is 5.91. The molecule has 0 N–H and O–H groups in total. The molecular weight excluding hydrogens is 281 g/mol. The normalized spacial score (nSPS) is 22.8. The lowest BCUT2D eigenvalue weighted by molar-refractivity contribution is -0.135. The molecule has 1 aliphatic heterocycles. The van der Waals surface area contributed by atoms with Crippen molar-refractivity contribution in [3.05, 3.63) is 54.1 Å². The van der Waals surface area contributed by atoms with Gasteiger partial charge in [-0.25, -0.2) is 4.39 Å². The third kappa shape index (κ3) is 2.75. The zero-order chi connectivity index (χ0) is 15.7. The molecule has 3 atom stereocenters. The van der Waals surface area contributed by atoms with Crippen LogP contribution in [0.25, 0.3) is 0 Å². The second-order valence-electron chi connectivity index (χ2n) is 6.06. The number of hydrogen-bond acceptors (Lipinski definition) is 2. The van der Waals surface area contributed by atoms with Crippen molar-refractivity contribution in [3.63, 3.8) is 0 Å². The Morgan fingerprint density at radius 2 is 2.23 bits per heavy atom. The van der Waals surface area contributed by atoms with E-state index in [1.165, 1.54) is 12.1 Å². The van der Waals surface area contributed by atoms with Crippen molar-refractivity contribution in [1.82, 2.24) is 14.7 Å². The predicted octanol–water partition coefficient (Wildman–Crippen LogP) is 3.19. The average Bonchev–Trinajstić information content (AvgIpc) is 3.15. The van der Waals surface area contributed by atoms with Crippen molar-refractivity contribution in [2.75, 3.05) is 6.54 Å². The smallest absolute Gasteiger partial charge is 0.247 e. The lowest BCUT2D eigenvalue weighted by Crippen LogP contribution is -2.36. The van der Waals surface area contributed by atoms with Crippen LogP contribution in [0.4, 0.5) is 4.39 Å². The number of nitrogens with zero attached hydrogens (tertiary/aromatic N) is 3. The summed E-state index contributed by atoms with van der Waals surface area (Å²) in [4.78, 5) is 14.7. The maximum Gasteiger partial charge on any atom is 0.247 e. The molecule has 5 heteroatoms. The number of rotatable bonds is 3. The van der Waals surface area contributed by atoms with Gasteiger partial charge in [0.1, 0.15) is 11.9 Å². The Kier molecular flexibility index (Phi) is 3.96. The minimum Gasteiger partial charge on any atom is -0.334 e. The van der Waals surface area contributed by atoms with Gasteiger partial charge in [0.25, 0.3) is 0 Å². The van der Waals surface area contributed by atoms with E-state index in [1.54, 1.807) is 29.2 Å². The molecule has 1 aromatic heterocycles. The van der Waals surface area contributed by atoms with E-state index in [-0.39, 0.29) is 23.8 Å². The molecule has 0 unspecified atom stereocenters. The van der Waals surface area contributed by atoms with Crippen LogP contribution in [0.2, 0.25) is 0 Å². The van der Waals surface area contributed by atoms with Gasteiger partial charge < -0.3 is 4.90 Å². The Morgan fingerprint density at radius 1 is 1.41 bits per heavy atom. The largest absolute Gasteiger partial charge is 0.334 e. The Morgan fingerprint density at radius 3 is 2.91 bits per heavy atom. The first-order chi connectivity index (χ1) is 10.6. The molecule has 2 aromatic rings. The van der Waals surface area contributed by atoms with E-state index in [9.17, 15) is 9.18 Å². The van der Waals surface area contributed by atoms with Crippen LogP contribution in [0, 0.1) is 11.7 Å². The topological polar surface area (TPSA) is 38.1 Å². The molecule has 0 radical (unpaired) electrons. The number of hydrogen-bond donors (Lipinski definition) is 0. The van der Waals surface area contributed by atoms with E-state index in [0.717, 1.165) is 12.0 Å². The Balaban J connectivity index is 1.86. The lowest BCUT2D eigenvalue weighted by Gasteiger charge is -2.28. The highest BCUT2D eigenvalue weighted by molar-refractivity contribution is 5.80. The Labute approximate surface area is 129 Å². The molecule has 1 aliphatic rings. The SMILES string of the molecule is C[C@@H]1C[C@H](c2cccc(F)c2)N(C(=O)[C@@H](C)n2cccn2)C1. The van der Waals surface area contributed by atoms with E-state index in [4.69, 9.17) is 0 Å². The highest BCUT2D eigenvalue weighted by Gasteiger charge is 2.36. The summed E-state index contributed by atoms with van der Waals surface area (Å²) in [6.07, 6.45) is 4.32. The first-order valence-corrected chi connectivity index (χ1v) is 7.61. The number of carbonyl (C=O) groups excluding carboxylic acids is 1. The summed E-state index contributed by atoms with van der Waals surface area (Å²) in [5, 5.41) is 4.15. The van der Waals surface area contributed by atoms with Gasteiger partial charge in [0, 0.05) is 18.9 Å². The van der Waals surface area contributed by atoms with Gasteiger partial charge >= 0.3 is 0 Å². The molecule has 4 nitrogen and oxygen atoms in total. The highest BCUT2D eigenvalue weighted by Crippen LogP contribution is 2.36. The van der Waals surface area contributed by atoms with Crippen LogP contribution in [-0.2, 0) is 4.79 Å². The van der Waals surface area contributed by atoms with Crippen molar-refractivity contribution in [2.45, 2.75) is 32.4 Å². The highest BCUT2D eigenvalue weighted by atomic mass is 19.1. The summed E-state index contributed by atoms with van der Waals surface area (Å²) in [6, 6.07) is 7.95. The van der Waals surface area contributed by atoms with Gasteiger partial charge in [-0.15, -0.1) is 0 Å². The summed E-state index contributed by atoms with van der Waals surface area (Å²) in [6.45, 7) is 4.67. The first-order valence-electron chi connectivity index (χ1n) is 7.61. The van der Waals surface area contributed by atoms with E-state index in [2.05, 4.69) is 12.0 Å². The van der Waals surface area contributed by atoms with Gasteiger partial charge in [0.15, 0.2) is 0 Å². The van der Waals surface area contributed by atoms with Gasteiger partial charge in [0.05, 0.1) is 6.04 Å². The fourth-order valence-corrected chi connectivity index (χ4v) is 3.18. The van der Waals surface area contributed by atoms with Crippen LogP contribution >= 0.6 is 0 Å². The number of halogens is 1. The number of amides is 1. The molecule has 0 saturated carbocycles. The summed E-state index contributed by atoms with van der Waals surface area (Å²) >= 11 is 0. The molecule has 2 heterocycles. The van der Waals surface area contributed by atoms with Crippen LogP contribution < -0.4 is 0 Å². The lowest BCUT2D eigenvalue weighted by atomic mass is 10.0. The summed E-state index contributed by atoms with van der Waals surface area (Å²) in [7, 11) is 0. The van der Waals surface area contributed by atoms with Crippen molar-refractivity contribution < 1.29 is 9.18 Å². The van der Waals surface area contributed by atoms with Gasteiger partial charge in [0.2, 0.25) is 5.91 Å². The zero-order valence-electron chi connectivity index (χ0n) is 12.8. The Hall–Kier alpha value is -2.17. The zero-order valence-corrected chi connectivity index (χ0v) is 12.8. The molecule has 1 aromatic carbocycles. The monoisotopic (exact) mass is 301 g/mol. The number of benzene rings is 1. The van der Waals surface area contributed by atoms with Gasteiger partial charge in [-0.3, -0.25) is 9.48 Å². The second-order valence-corrected chi connectivity index (χ2v) is 6.06. The predicted molar refractivity (Wildman–Crippen MR) is 81.6 cm³/mol. The van der Waals surface area contributed by atoms with Crippen molar-refractivity contribution in [2.24, 2.45) is 5.92 Å². The molecular formula is C17H20FN3O. The fourth-order valence-electron chi connectivity index (χ4n) is 3.18. The Bertz CT molecular complexity index is 656. The minimum absolute atomic E-state index is 0.0299. The third-order valence-electron chi connectivity index (χ3n) is 4.31. The molecule has 0 aliphatic carbocycles. The van der Waals surface area contributed by atoms with Gasteiger partial charge in [-0.2, -0.15) is 5.10 Å². The number of carbonyl (C=O) groups is 1. The maximum atomic E-state index is 13.5. The first kappa shape index (κ1) is 14.8. The van der Waals surface area contributed by atoms with E-state index >= 15 is 0 Å². The quantitative estimate of drug-likeness (QED) is 0.873. The maximum absolute atomic E-state index is 13.5. The molecule has 0 bridgehead atoms. The van der Waals surface area contributed by atoms with Crippen molar-refractivity contribution >= 4 is 5.91 Å². The summed E-state index contributed by atoms with van der Waals surface area (Å²) in [5.41, 5.74) is 0.866. The summed E-state index contributed by atoms with van der Waals surface area (Å²) < 4.78 is 15.2. The molecule has 22 heavy (non-hydrogen) atoms. The van der Waals surface area contributed by atoms with Crippen LogP contribution in [0.5, 0.6) is 0 Å². The summed E-state index contributed by atoms with van der Waals surface area (Å²) in [5.74, 6) is 0.175. The van der Waals surface area contributed by atoms with E-state index < -0.39 is 0 Å². The van der Waals surface area contributed by atoms with E-state index in [1.807, 2.05) is 17.9 Å². The van der Waals surface area contributed by atoms with Gasteiger partial charge in [-0.1, -0.05) is 19.1 Å². The minimum atomic E-state index is -0.351. The standard InChI is InChI=1S/C17H20FN3O/c1-12-9-16(14-5-3-6-15(18)10-14)20(11-12)17(22)13(2)21-8-4-7-19-21/h3-8,10,12-13,16H,9,11H2,1-2H3/t12-,13-,16-/m1/s1. The third-order valence-corrected chi connectivity index (χ3v) is 4.31. The van der Waals surface area contributed by atoms with Gasteiger partial charge in [-0.05, 0) is 43.0 Å². The van der Waals surface area contributed by atoms with Crippen molar-refractivity contribution in [1.29, 1.82) is 0 Å². The molecule has 116 valence electrons. The number of likely N-dealkylation sites (tertiary alicyclic amines) is 1. The average molecular weight is 301 g/mol. The molecule has 1 amide bonds. The van der Waals surface area contributed by atoms with Crippen LogP contribution in [-0.4, -0.2) is 27.1 Å². The van der Waals surface area contributed by atoms with Crippen molar-refractivity contribution in [3.8, 4) is 0 Å². The molecule has 1 fully saturated rings.